The lowest BCUT2D eigenvalue weighted by atomic mass is 9.68. The highest BCUT2D eigenvalue weighted by Gasteiger charge is 2.62. The van der Waals surface area contributed by atoms with Crippen LogP contribution in [0.3, 0.4) is 0 Å². The van der Waals surface area contributed by atoms with Crippen molar-refractivity contribution in [2.75, 3.05) is 52.4 Å². The first-order valence-electron chi connectivity index (χ1n) is 23.3. The van der Waals surface area contributed by atoms with E-state index in [-0.39, 0.29) is 24.9 Å². The summed E-state index contributed by atoms with van der Waals surface area (Å²) in [6.07, 6.45) is 43.1. The number of hydrogen-bond acceptors (Lipinski definition) is 7. The number of rotatable bonds is 12. The number of aliphatic carboxylic acids is 2. The number of halogens is 4. The first kappa shape index (κ1) is 49.6. The number of carbonyl (C=O) groups is 4. The van der Waals surface area contributed by atoms with Crippen molar-refractivity contribution < 1.29 is 29.4 Å². The Hall–Kier alpha value is -3.81. The van der Waals surface area contributed by atoms with Gasteiger partial charge in [-0.15, -0.1) is 46.4 Å². The van der Waals surface area contributed by atoms with Gasteiger partial charge in [-0.25, -0.2) is 0 Å². The SMILES string of the molecule is O=C(O)C1CCCN(C2(C3(Cl)C(/C=C/C(=O)N4CC=CCC4)=CC=C(SC4=CC=C(/C=C/C(=O)N5CC=CCC5)C(Cl)(C5(N6CCCC(C(=O)O)C6)C=CC=CC5)C4Cl)C3Cl)C=CC=CC2)C1. The lowest BCUT2D eigenvalue weighted by Crippen LogP contribution is -2.67. The number of nitrogens with zero attached hydrogens (tertiary/aromatic N) is 4. The fourth-order valence-corrected chi connectivity index (χ4v) is 14.3. The van der Waals surface area contributed by atoms with Gasteiger partial charge in [0, 0.05) is 61.2 Å². The maximum Gasteiger partial charge on any atom is 0.307 e. The Bertz CT molecular complexity index is 2210. The van der Waals surface area contributed by atoms with Crippen molar-refractivity contribution in [3.8, 4) is 0 Å². The Morgan fingerprint density at radius 1 is 0.597 bits per heavy atom. The molecule has 0 aromatic rings. The molecule has 0 radical (unpaired) electrons. The van der Waals surface area contributed by atoms with Gasteiger partial charge in [0.1, 0.15) is 9.75 Å². The number of amides is 2. The zero-order valence-corrected chi connectivity index (χ0v) is 41.2. The molecule has 10 nitrogen and oxygen atoms in total. The summed E-state index contributed by atoms with van der Waals surface area (Å²) in [4.78, 5) is 58.6. The number of allylic oxidation sites excluding steroid dienone is 12. The molecule has 4 aliphatic carbocycles. The highest BCUT2D eigenvalue weighted by Crippen LogP contribution is 2.59. The van der Waals surface area contributed by atoms with Crippen LogP contribution in [0.1, 0.15) is 51.4 Å². The van der Waals surface area contributed by atoms with Gasteiger partial charge in [0.05, 0.1) is 33.7 Å². The van der Waals surface area contributed by atoms with Gasteiger partial charge in [-0.2, -0.15) is 0 Å². The number of carboxylic acids is 2. The Labute approximate surface area is 418 Å². The number of carbonyl (C=O) groups excluding carboxylic acids is 2. The summed E-state index contributed by atoms with van der Waals surface area (Å²) in [7, 11) is 0. The van der Waals surface area contributed by atoms with Gasteiger partial charge in [0.2, 0.25) is 11.8 Å². The van der Waals surface area contributed by atoms with Gasteiger partial charge in [0.15, 0.2) is 0 Å². The van der Waals surface area contributed by atoms with E-state index in [4.69, 9.17) is 46.4 Å². The number of hydrogen-bond donors (Lipinski definition) is 2. The highest BCUT2D eigenvalue weighted by molar-refractivity contribution is 8.07. The summed E-state index contributed by atoms with van der Waals surface area (Å²) in [5.74, 6) is -3.23. The molecule has 0 aromatic carbocycles. The summed E-state index contributed by atoms with van der Waals surface area (Å²) in [6, 6.07) is 0. The lowest BCUT2D eigenvalue weighted by Gasteiger charge is -2.57. The van der Waals surface area contributed by atoms with E-state index in [1.54, 1.807) is 34.1 Å². The van der Waals surface area contributed by atoms with Crippen LogP contribution in [0.5, 0.6) is 0 Å². The first-order valence-corrected chi connectivity index (χ1v) is 25.8. The minimum atomic E-state index is -1.44. The van der Waals surface area contributed by atoms with Crippen LogP contribution < -0.4 is 0 Å². The molecule has 8 aliphatic rings. The number of likely N-dealkylation sites (tertiary alicyclic amines) is 2. The fourth-order valence-electron chi connectivity index (χ4n) is 11.0. The van der Waals surface area contributed by atoms with Crippen molar-refractivity contribution in [3.63, 3.8) is 0 Å². The second-order valence-electron chi connectivity index (χ2n) is 18.5. The summed E-state index contributed by atoms with van der Waals surface area (Å²) in [6.45, 7) is 3.93. The van der Waals surface area contributed by atoms with Gasteiger partial charge in [-0.3, -0.25) is 29.0 Å². The predicted octanol–water partition coefficient (Wildman–Crippen LogP) is 9.33. The number of thioether (sulfide) groups is 1. The molecule has 4 heterocycles. The molecule has 4 aliphatic heterocycles. The lowest BCUT2D eigenvalue weighted by molar-refractivity contribution is -0.145. The number of alkyl halides is 4. The molecule has 2 fully saturated rings. The van der Waals surface area contributed by atoms with Crippen LogP contribution >= 0.6 is 58.2 Å². The number of carboxylic acid groups (broad SMARTS) is 2. The highest BCUT2D eigenvalue weighted by atomic mass is 35.5. The standard InChI is InChI=1S/C52H58Cl4N4O6S/c53-45-41(21-17-39(19-23-43(61)57-29-9-3-10-30-57)51(45,55)49(25-5-1-6-26-49)59-33-13-15-37(35-59)47(63)64)67-42-22-18-40(20-24-44(62)58-31-11-4-12-32-58)52(56,46(42)54)50(27-7-2-8-28-50)60-34-14-16-38(36-60)48(65)66/h1-9,11,17-25,27,37-38,45-46H,10,12-16,26,28-36H2,(H,63,64)(H,65,66)/b23-19+,24-20+. The molecule has 15 heteroatoms. The minimum Gasteiger partial charge on any atom is -0.481 e. The Kier molecular flexibility index (Phi) is 15.6. The van der Waals surface area contributed by atoms with E-state index < -0.39 is 55.4 Å². The van der Waals surface area contributed by atoms with Crippen molar-refractivity contribution in [1.82, 2.24) is 19.6 Å². The third-order valence-electron chi connectivity index (χ3n) is 14.7. The first-order chi connectivity index (χ1) is 32.2. The topological polar surface area (TPSA) is 122 Å². The average molecular weight is 1010 g/mol. The van der Waals surface area contributed by atoms with E-state index in [0.29, 0.717) is 98.7 Å². The van der Waals surface area contributed by atoms with E-state index in [2.05, 4.69) is 22.0 Å². The Balaban J connectivity index is 1.21. The largest absolute Gasteiger partial charge is 0.481 e. The van der Waals surface area contributed by atoms with Crippen LogP contribution in [0.4, 0.5) is 0 Å². The maximum atomic E-state index is 13.6. The number of piperidine rings is 2. The average Bonchev–Trinajstić information content (AvgIpc) is 3.36. The predicted molar refractivity (Wildman–Crippen MR) is 270 cm³/mol. The van der Waals surface area contributed by atoms with Gasteiger partial charge in [-0.1, -0.05) is 121 Å². The molecule has 0 aromatic heterocycles. The smallest absolute Gasteiger partial charge is 0.307 e. The summed E-state index contributed by atoms with van der Waals surface area (Å²) < 4.78 is 0. The molecule has 0 saturated carbocycles. The van der Waals surface area contributed by atoms with E-state index in [9.17, 15) is 29.4 Å². The van der Waals surface area contributed by atoms with E-state index in [1.807, 2.05) is 85.1 Å². The molecule has 8 rings (SSSR count). The molecule has 356 valence electrons. The summed E-state index contributed by atoms with van der Waals surface area (Å²) in [5.41, 5.74) is -0.801. The fraction of sp³-hybridized carbons (Fsp3) is 0.462. The second kappa shape index (κ2) is 21.0. The molecule has 2 amide bonds. The van der Waals surface area contributed by atoms with Crippen LogP contribution in [0.2, 0.25) is 0 Å². The zero-order chi connectivity index (χ0) is 47.4. The van der Waals surface area contributed by atoms with Crippen molar-refractivity contribution in [2.24, 2.45) is 11.8 Å². The Morgan fingerprint density at radius 3 is 1.39 bits per heavy atom. The second-order valence-corrected chi connectivity index (χ2v) is 21.7. The normalized spacial score (nSPS) is 34.9. The van der Waals surface area contributed by atoms with Crippen LogP contribution in [0.25, 0.3) is 0 Å². The summed E-state index contributed by atoms with van der Waals surface area (Å²) in [5, 5.41) is 18.6. The molecule has 67 heavy (non-hydrogen) atoms. The van der Waals surface area contributed by atoms with Crippen molar-refractivity contribution >= 4 is 81.9 Å². The van der Waals surface area contributed by atoms with Crippen LogP contribution in [0.15, 0.2) is 142 Å². The van der Waals surface area contributed by atoms with Crippen molar-refractivity contribution in [1.29, 1.82) is 0 Å². The molecule has 2 N–H and O–H groups in total. The monoisotopic (exact) mass is 1010 g/mol. The molecule has 8 unspecified atom stereocenters. The quantitative estimate of drug-likeness (QED) is 0.112. The molecule has 0 spiro atoms. The van der Waals surface area contributed by atoms with Gasteiger partial charge in [0.25, 0.3) is 0 Å². The zero-order valence-electron chi connectivity index (χ0n) is 37.4. The van der Waals surface area contributed by atoms with Crippen molar-refractivity contribution in [2.45, 2.75) is 82.9 Å². The van der Waals surface area contributed by atoms with Gasteiger partial charge >= 0.3 is 11.9 Å². The molecule has 8 atom stereocenters. The van der Waals surface area contributed by atoms with Crippen LogP contribution in [-0.4, -0.2) is 138 Å². The molecular weight excluding hydrogens is 950 g/mol. The summed E-state index contributed by atoms with van der Waals surface area (Å²) >= 11 is 33.7. The molecule has 2 saturated heterocycles. The third-order valence-corrected chi connectivity index (χ3v) is 19.1. The maximum absolute atomic E-state index is 13.6. The third kappa shape index (κ3) is 9.48. The van der Waals surface area contributed by atoms with Gasteiger partial charge < -0.3 is 20.0 Å². The van der Waals surface area contributed by atoms with Crippen LogP contribution in [-0.2, 0) is 19.2 Å². The van der Waals surface area contributed by atoms with Crippen molar-refractivity contribution in [3.05, 3.63) is 142 Å². The molecular formula is C52H58Cl4N4O6S. The van der Waals surface area contributed by atoms with Gasteiger partial charge in [-0.05, 0) is 75.6 Å². The van der Waals surface area contributed by atoms with Crippen LogP contribution in [0, 0.1) is 11.8 Å². The minimum absolute atomic E-state index is 0.151. The Morgan fingerprint density at radius 2 is 1.03 bits per heavy atom. The van der Waals surface area contributed by atoms with E-state index >= 15 is 0 Å². The van der Waals surface area contributed by atoms with E-state index in [0.717, 1.165) is 12.8 Å². The molecule has 0 bridgehead atoms. The van der Waals surface area contributed by atoms with E-state index in [1.165, 1.54) is 11.8 Å².